The number of nitrogens with zero attached hydrogens (tertiary/aromatic N) is 1. The third kappa shape index (κ3) is 2.16. The minimum absolute atomic E-state index is 0.805. The monoisotopic (exact) mass is 227 g/mol. The Morgan fingerprint density at radius 3 is 3.12 bits per heavy atom. The van der Waals surface area contributed by atoms with E-state index >= 15 is 0 Å². The van der Waals surface area contributed by atoms with E-state index in [0.717, 1.165) is 18.4 Å². The molecule has 1 nitrogen and oxygen atoms in total. The molecule has 0 saturated carbocycles. The Balaban J connectivity index is 1.85. The summed E-state index contributed by atoms with van der Waals surface area (Å²) in [5.41, 5.74) is 3.23. The van der Waals surface area contributed by atoms with Crippen molar-refractivity contribution in [1.29, 1.82) is 0 Å². The lowest BCUT2D eigenvalue weighted by Crippen LogP contribution is -2.29. The smallest absolute Gasteiger partial charge is 0.0160 e. The molecule has 0 radical (unpaired) electrons. The first-order chi connectivity index (χ1) is 8.36. The normalized spacial score (nSPS) is 28.2. The first-order valence-corrected chi connectivity index (χ1v) is 6.78. The lowest BCUT2D eigenvalue weighted by atomic mass is 9.76. The molecule has 1 aromatic carbocycles. The maximum absolute atomic E-state index is 3.87. The zero-order valence-corrected chi connectivity index (χ0v) is 10.4. The van der Waals surface area contributed by atoms with Gasteiger partial charge in [-0.1, -0.05) is 30.3 Å². The van der Waals surface area contributed by atoms with Crippen molar-refractivity contribution in [2.24, 2.45) is 5.92 Å². The molecule has 90 valence electrons. The van der Waals surface area contributed by atoms with Crippen molar-refractivity contribution in [2.45, 2.75) is 25.2 Å². The summed E-state index contributed by atoms with van der Waals surface area (Å²) >= 11 is 0. The Morgan fingerprint density at radius 2 is 2.24 bits per heavy atom. The van der Waals surface area contributed by atoms with Crippen molar-refractivity contribution < 1.29 is 0 Å². The maximum atomic E-state index is 3.87. The van der Waals surface area contributed by atoms with E-state index in [1.54, 1.807) is 11.1 Å². The number of hydrogen-bond acceptors (Lipinski definition) is 1. The predicted octanol–water partition coefficient (Wildman–Crippen LogP) is 3.22. The third-order valence-corrected chi connectivity index (χ3v) is 4.32. The van der Waals surface area contributed by atoms with E-state index < -0.39 is 0 Å². The predicted molar refractivity (Wildman–Crippen MR) is 72.2 cm³/mol. The van der Waals surface area contributed by atoms with Crippen molar-refractivity contribution in [2.75, 3.05) is 19.6 Å². The van der Waals surface area contributed by atoms with E-state index in [4.69, 9.17) is 0 Å². The van der Waals surface area contributed by atoms with Gasteiger partial charge in [-0.2, -0.15) is 0 Å². The van der Waals surface area contributed by atoms with Crippen LogP contribution in [0.1, 0.15) is 29.9 Å². The number of rotatable bonds is 2. The van der Waals surface area contributed by atoms with Crippen LogP contribution >= 0.6 is 0 Å². The van der Waals surface area contributed by atoms with Crippen LogP contribution in [0.5, 0.6) is 0 Å². The van der Waals surface area contributed by atoms with Gasteiger partial charge in [0.05, 0.1) is 0 Å². The van der Waals surface area contributed by atoms with Gasteiger partial charge >= 0.3 is 0 Å². The van der Waals surface area contributed by atoms with Gasteiger partial charge in [0.1, 0.15) is 0 Å². The Bertz CT molecular complexity index is 410. The molecule has 0 N–H and O–H groups in total. The van der Waals surface area contributed by atoms with Gasteiger partial charge in [-0.3, -0.25) is 4.90 Å². The van der Waals surface area contributed by atoms with Crippen LogP contribution in [-0.4, -0.2) is 24.5 Å². The number of likely N-dealkylation sites (tertiary alicyclic amines) is 1. The second-order valence-corrected chi connectivity index (χ2v) is 5.54. The SMILES string of the molecule is C=CCN1CCC2CC(Cc3ccccc32)C1. The Morgan fingerprint density at radius 1 is 1.35 bits per heavy atom. The molecule has 1 heteroatoms. The molecule has 3 rings (SSSR count). The summed E-state index contributed by atoms with van der Waals surface area (Å²) in [6.07, 6.45) is 6.04. The summed E-state index contributed by atoms with van der Waals surface area (Å²) in [5, 5.41) is 0. The molecule has 2 unspecified atom stereocenters. The molecule has 2 aliphatic rings. The van der Waals surface area contributed by atoms with Crippen LogP contribution in [-0.2, 0) is 6.42 Å². The highest BCUT2D eigenvalue weighted by Gasteiger charge is 2.30. The fraction of sp³-hybridized carbons (Fsp3) is 0.500. The molecule has 1 heterocycles. The Hall–Kier alpha value is -1.08. The molecule has 0 spiro atoms. The van der Waals surface area contributed by atoms with Gasteiger partial charge in [0, 0.05) is 13.1 Å². The van der Waals surface area contributed by atoms with Crippen molar-refractivity contribution >= 4 is 0 Å². The summed E-state index contributed by atoms with van der Waals surface area (Å²) in [6, 6.07) is 9.07. The average molecular weight is 227 g/mol. The summed E-state index contributed by atoms with van der Waals surface area (Å²) in [6.45, 7) is 7.42. The lowest BCUT2D eigenvalue weighted by molar-refractivity contribution is 0.271. The van der Waals surface area contributed by atoms with E-state index in [1.165, 1.54) is 32.4 Å². The van der Waals surface area contributed by atoms with Crippen molar-refractivity contribution in [3.63, 3.8) is 0 Å². The zero-order valence-electron chi connectivity index (χ0n) is 10.4. The highest BCUT2D eigenvalue weighted by atomic mass is 15.1. The summed E-state index contributed by atoms with van der Waals surface area (Å²) in [4.78, 5) is 2.57. The first-order valence-electron chi connectivity index (χ1n) is 6.78. The molecule has 17 heavy (non-hydrogen) atoms. The van der Waals surface area contributed by atoms with Gasteiger partial charge in [-0.15, -0.1) is 6.58 Å². The second-order valence-electron chi connectivity index (χ2n) is 5.54. The highest BCUT2D eigenvalue weighted by molar-refractivity contribution is 5.33. The van der Waals surface area contributed by atoms with Crippen molar-refractivity contribution in [1.82, 2.24) is 4.90 Å². The van der Waals surface area contributed by atoms with Gasteiger partial charge < -0.3 is 0 Å². The van der Waals surface area contributed by atoms with Crippen LogP contribution in [0.15, 0.2) is 36.9 Å². The summed E-state index contributed by atoms with van der Waals surface area (Å²) < 4.78 is 0. The van der Waals surface area contributed by atoms with Crippen molar-refractivity contribution in [3.8, 4) is 0 Å². The summed E-state index contributed by atoms with van der Waals surface area (Å²) in [5.74, 6) is 1.66. The Kier molecular flexibility index (Phi) is 3.02. The number of hydrogen-bond donors (Lipinski definition) is 0. The molecule has 1 fully saturated rings. The maximum Gasteiger partial charge on any atom is 0.0160 e. The van der Waals surface area contributed by atoms with Gasteiger partial charge in [-0.25, -0.2) is 0 Å². The topological polar surface area (TPSA) is 3.24 Å². The minimum atomic E-state index is 0.805. The number of benzene rings is 1. The van der Waals surface area contributed by atoms with E-state index in [1.807, 2.05) is 6.08 Å². The molecule has 2 bridgehead atoms. The molecule has 1 saturated heterocycles. The molecule has 1 aliphatic carbocycles. The fourth-order valence-electron chi connectivity index (χ4n) is 3.60. The summed E-state index contributed by atoms with van der Waals surface area (Å²) in [7, 11) is 0. The minimum Gasteiger partial charge on any atom is -0.299 e. The molecule has 0 amide bonds. The van der Waals surface area contributed by atoms with E-state index in [-0.39, 0.29) is 0 Å². The van der Waals surface area contributed by atoms with Crippen LogP contribution in [0.4, 0.5) is 0 Å². The van der Waals surface area contributed by atoms with E-state index in [0.29, 0.717) is 0 Å². The standard InChI is InChI=1S/C16H21N/c1-2-8-17-9-7-15-11-13(12-17)10-14-5-3-4-6-16(14)15/h2-6,13,15H,1,7-12H2. The van der Waals surface area contributed by atoms with Crippen LogP contribution in [0.25, 0.3) is 0 Å². The van der Waals surface area contributed by atoms with Gasteiger partial charge in [0.2, 0.25) is 0 Å². The Labute approximate surface area is 104 Å². The average Bonchev–Trinajstić information content (AvgIpc) is 2.50. The second kappa shape index (κ2) is 4.66. The largest absolute Gasteiger partial charge is 0.299 e. The van der Waals surface area contributed by atoms with Crippen LogP contribution in [0.3, 0.4) is 0 Å². The van der Waals surface area contributed by atoms with Gasteiger partial charge in [-0.05, 0) is 48.8 Å². The molecular weight excluding hydrogens is 206 g/mol. The van der Waals surface area contributed by atoms with E-state index in [9.17, 15) is 0 Å². The number of fused-ring (bicyclic) bond motifs is 4. The lowest BCUT2D eigenvalue weighted by Gasteiger charge is -2.29. The van der Waals surface area contributed by atoms with E-state index in [2.05, 4.69) is 35.7 Å². The molecular formula is C16H21N. The third-order valence-electron chi connectivity index (χ3n) is 4.32. The zero-order chi connectivity index (χ0) is 11.7. The van der Waals surface area contributed by atoms with Crippen LogP contribution < -0.4 is 0 Å². The van der Waals surface area contributed by atoms with Crippen molar-refractivity contribution in [3.05, 3.63) is 48.0 Å². The fourth-order valence-corrected chi connectivity index (χ4v) is 3.60. The molecule has 1 aromatic rings. The van der Waals surface area contributed by atoms with Crippen LogP contribution in [0, 0.1) is 5.92 Å². The quantitative estimate of drug-likeness (QED) is 0.701. The van der Waals surface area contributed by atoms with Gasteiger partial charge in [0.15, 0.2) is 0 Å². The first kappa shape index (κ1) is 11.0. The molecule has 0 aromatic heterocycles. The van der Waals surface area contributed by atoms with Crippen LogP contribution in [0.2, 0.25) is 0 Å². The highest BCUT2D eigenvalue weighted by Crippen LogP contribution is 2.39. The van der Waals surface area contributed by atoms with Gasteiger partial charge in [0.25, 0.3) is 0 Å². The molecule has 1 aliphatic heterocycles. The molecule has 2 atom stereocenters.